The lowest BCUT2D eigenvalue weighted by Crippen LogP contribution is -2.68. The van der Waals surface area contributed by atoms with Crippen molar-refractivity contribution in [2.45, 2.75) is 44.9 Å². The Balaban J connectivity index is 6.84. The quantitative estimate of drug-likeness (QED) is 0.186. The van der Waals surface area contributed by atoms with Crippen LogP contribution in [0.2, 0.25) is 0 Å². The van der Waals surface area contributed by atoms with Crippen molar-refractivity contribution in [1.82, 2.24) is 0 Å². The Morgan fingerprint density at radius 2 is 1.04 bits per heavy atom. The topological polar surface area (TPSA) is 144 Å². The predicted octanol–water partition coefficient (Wildman–Crippen LogP) is 0.626. The third-order valence-electron chi connectivity index (χ3n) is 2.64. The Labute approximate surface area is 148 Å². The standard InChI is InChI=1S/C12H26O11S2/c1-6-18-11(19-7-2,24(13,14)15)12(20-8-3,21-9-4)25(16,17)23-22-10-5/h6-10H2,1-5H3,(H,13,14,15). The van der Waals surface area contributed by atoms with Gasteiger partial charge >= 0.3 is 30.5 Å². The Kier molecular flexibility index (Phi) is 9.93. The summed E-state index contributed by atoms with van der Waals surface area (Å²) >= 11 is 0. The molecule has 0 fully saturated rings. The SMILES string of the molecule is CCOOS(=O)(=O)C(OCC)(OCC)C(OCC)(OCC)S(=O)(=O)O. The zero-order chi connectivity index (χ0) is 19.8. The van der Waals surface area contributed by atoms with Crippen LogP contribution in [0.5, 0.6) is 0 Å². The maximum Gasteiger partial charge on any atom is 0.377 e. The van der Waals surface area contributed by atoms with Crippen molar-refractivity contribution < 1.29 is 49.6 Å². The van der Waals surface area contributed by atoms with Gasteiger partial charge in [0.1, 0.15) is 0 Å². The normalized spacial score (nSPS) is 14.0. The minimum atomic E-state index is -5.37. The van der Waals surface area contributed by atoms with Gasteiger partial charge < -0.3 is 18.9 Å². The molecule has 11 nitrogen and oxygen atoms in total. The number of hydrogen-bond donors (Lipinski definition) is 1. The van der Waals surface area contributed by atoms with Gasteiger partial charge in [-0.05, 0) is 34.6 Å². The molecule has 0 aliphatic heterocycles. The summed E-state index contributed by atoms with van der Waals surface area (Å²) in [4.78, 5) is 4.43. The second kappa shape index (κ2) is 10.1. The molecule has 0 aromatic heterocycles. The Hall–Kier alpha value is -0.380. The summed E-state index contributed by atoms with van der Waals surface area (Å²) in [6.07, 6.45) is 0. The molecule has 0 rings (SSSR count). The fourth-order valence-electron chi connectivity index (χ4n) is 1.96. The van der Waals surface area contributed by atoms with Gasteiger partial charge in [-0.1, -0.05) is 0 Å². The van der Waals surface area contributed by atoms with Crippen LogP contribution in [0.15, 0.2) is 0 Å². The van der Waals surface area contributed by atoms with E-state index in [9.17, 15) is 21.4 Å². The Morgan fingerprint density at radius 1 is 0.680 bits per heavy atom. The van der Waals surface area contributed by atoms with Crippen LogP contribution in [-0.4, -0.2) is 64.7 Å². The molecule has 0 aromatic carbocycles. The molecule has 13 heteroatoms. The van der Waals surface area contributed by atoms with E-state index in [1.54, 1.807) is 0 Å². The van der Waals surface area contributed by atoms with Gasteiger partial charge in [-0.25, -0.2) is 4.89 Å². The molecule has 0 spiro atoms. The van der Waals surface area contributed by atoms with Crippen LogP contribution < -0.4 is 0 Å². The smallest absolute Gasteiger partial charge is 0.331 e. The highest BCUT2D eigenvalue weighted by Crippen LogP contribution is 2.42. The average molecular weight is 410 g/mol. The molecule has 0 saturated carbocycles. The van der Waals surface area contributed by atoms with Gasteiger partial charge in [0.15, 0.2) is 0 Å². The van der Waals surface area contributed by atoms with Crippen molar-refractivity contribution in [3.8, 4) is 0 Å². The Bertz CT molecular complexity index is 572. The second-order valence-electron chi connectivity index (χ2n) is 4.25. The maximum absolute atomic E-state index is 12.7. The van der Waals surface area contributed by atoms with Gasteiger partial charge in [-0.3, -0.25) is 4.55 Å². The van der Waals surface area contributed by atoms with E-state index in [1.165, 1.54) is 34.6 Å². The molecule has 0 saturated heterocycles. The molecular formula is C12H26O11S2. The molecule has 0 aliphatic rings. The van der Waals surface area contributed by atoms with Crippen molar-refractivity contribution >= 4 is 20.2 Å². The molecule has 1 N–H and O–H groups in total. The summed E-state index contributed by atoms with van der Waals surface area (Å²) in [6, 6.07) is 0. The lowest BCUT2D eigenvalue weighted by molar-refractivity contribution is -0.340. The summed E-state index contributed by atoms with van der Waals surface area (Å²) < 4.78 is 84.1. The molecule has 0 radical (unpaired) electrons. The third kappa shape index (κ3) is 4.87. The van der Waals surface area contributed by atoms with E-state index < -0.39 is 30.5 Å². The van der Waals surface area contributed by atoms with Crippen molar-refractivity contribution in [3.05, 3.63) is 0 Å². The number of ether oxygens (including phenoxy) is 4. The first-order valence-electron chi connectivity index (χ1n) is 7.64. The van der Waals surface area contributed by atoms with Crippen LogP contribution in [0.1, 0.15) is 34.6 Å². The number of rotatable bonds is 14. The number of hydrogen-bond acceptors (Lipinski definition) is 10. The summed E-state index contributed by atoms with van der Waals surface area (Å²) in [5.41, 5.74) is 0. The van der Waals surface area contributed by atoms with E-state index in [2.05, 4.69) is 9.22 Å². The third-order valence-corrected chi connectivity index (χ3v) is 5.39. The van der Waals surface area contributed by atoms with Crippen LogP contribution >= 0.6 is 0 Å². The fourth-order valence-corrected chi connectivity index (χ4v) is 4.81. The molecule has 0 heterocycles. The van der Waals surface area contributed by atoms with Crippen LogP contribution in [0, 0.1) is 0 Å². The molecule has 0 amide bonds. The molecule has 0 bridgehead atoms. The van der Waals surface area contributed by atoms with Gasteiger partial charge in [0, 0.05) is 26.4 Å². The fraction of sp³-hybridized carbons (Fsp3) is 1.00. The van der Waals surface area contributed by atoms with E-state index in [-0.39, 0.29) is 33.0 Å². The molecule has 0 aromatic rings. The first-order chi connectivity index (χ1) is 11.6. The van der Waals surface area contributed by atoms with Crippen LogP contribution in [0.4, 0.5) is 0 Å². The minimum Gasteiger partial charge on any atom is -0.331 e. The summed E-state index contributed by atoms with van der Waals surface area (Å²) in [5.74, 6) is 0. The van der Waals surface area contributed by atoms with Crippen molar-refractivity contribution in [2.24, 2.45) is 0 Å². The van der Waals surface area contributed by atoms with Crippen molar-refractivity contribution in [3.63, 3.8) is 0 Å². The summed E-state index contributed by atoms with van der Waals surface area (Å²) in [5, 5.41) is -6.48. The lowest BCUT2D eigenvalue weighted by Gasteiger charge is -2.42. The predicted molar refractivity (Wildman–Crippen MR) is 85.1 cm³/mol. The summed E-state index contributed by atoms with van der Waals surface area (Å²) in [7, 11) is -10.5. The van der Waals surface area contributed by atoms with E-state index in [1.807, 2.05) is 0 Å². The first-order valence-corrected chi connectivity index (χ1v) is 10.5. The van der Waals surface area contributed by atoms with E-state index in [0.29, 0.717) is 0 Å². The summed E-state index contributed by atoms with van der Waals surface area (Å²) in [6.45, 7) is 5.26. The van der Waals surface area contributed by atoms with Gasteiger partial charge in [-0.2, -0.15) is 16.8 Å². The second-order valence-corrected chi connectivity index (χ2v) is 7.32. The van der Waals surface area contributed by atoms with E-state index in [0.717, 1.165) is 0 Å². The van der Waals surface area contributed by atoms with Gasteiger partial charge in [0.25, 0.3) is 0 Å². The van der Waals surface area contributed by atoms with E-state index >= 15 is 0 Å². The molecule has 0 aliphatic carbocycles. The zero-order valence-electron chi connectivity index (χ0n) is 14.9. The van der Waals surface area contributed by atoms with Crippen molar-refractivity contribution in [2.75, 3.05) is 33.0 Å². The van der Waals surface area contributed by atoms with Gasteiger partial charge in [0.2, 0.25) is 0 Å². The highest BCUT2D eigenvalue weighted by Gasteiger charge is 2.74. The van der Waals surface area contributed by atoms with E-state index in [4.69, 9.17) is 18.9 Å². The first kappa shape index (κ1) is 24.6. The average Bonchev–Trinajstić information content (AvgIpc) is 2.51. The highest BCUT2D eigenvalue weighted by molar-refractivity contribution is 7.91. The largest absolute Gasteiger partial charge is 0.377 e. The minimum absolute atomic E-state index is 0.185. The van der Waals surface area contributed by atoms with Crippen molar-refractivity contribution in [1.29, 1.82) is 0 Å². The molecule has 0 atom stereocenters. The zero-order valence-corrected chi connectivity index (χ0v) is 16.5. The lowest BCUT2D eigenvalue weighted by atomic mass is 10.5. The van der Waals surface area contributed by atoms with Crippen LogP contribution in [0.25, 0.3) is 0 Å². The van der Waals surface area contributed by atoms with Gasteiger partial charge in [-0.15, -0.1) is 4.33 Å². The molecule has 0 unspecified atom stereocenters. The van der Waals surface area contributed by atoms with Gasteiger partial charge in [0.05, 0.1) is 6.61 Å². The maximum atomic E-state index is 12.7. The molecule has 25 heavy (non-hydrogen) atoms. The van der Waals surface area contributed by atoms with Crippen LogP contribution in [-0.2, 0) is 48.4 Å². The van der Waals surface area contributed by atoms with Crippen LogP contribution in [0.3, 0.4) is 0 Å². The highest BCUT2D eigenvalue weighted by atomic mass is 32.2. The Morgan fingerprint density at radius 3 is 1.32 bits per heavy atom. The monoisotopic (exact) mass is 410 g/mol. The molecule has 152 valence electrons. The molecular weight excluding hydrogens is 384 g/mol.